The van der Waals surface area contributed by atoms with E-state index < -0.39 is 0 Å². The van der Waals surface area contributed by atoms with Gasteiger partial charge >= 0.3 is 5.69 Å². The molecule has 0 amide bonds. The molecule has 3 aromatic rings. The normalized spacial score (nSPS) is 11.7. The Morgan fingerprint density at radius 2 is 2.00 bits per heavy atom. The number of anilines is 1. The number of nitrogen functional groups attached to an aromatic ring is 1. The molecule has 0 saturated carbocycles. The molecule has 0 aliphatic rings. The van der Waals surface area contributed by atoms with Gasteiger partial charge in [0.1, 0.15) is 0 Å². The highest BCUT2D eigenvalue weighted by atomic mass is 16.1. The maximum Gasteiger partial charge on any atom is 0.328 e. The lowest BCUT2D eigenvalue weighted by Gasteiger charge is -1.97. The third-order valence-electron chi connectivity index (χ3n) is 3.09. The van der Waals surface area contributed by atoms with E-state index in [4.69, 9.17) is 5.73 Å². The number of hydrogen-bond donors (Lipinski definition) is 1. The van der Waals surface area contributed by atoms with Crippen LogP contribution < -0.4 is 11.4 Å². The Morgan fingerprint density at radius 3 is 2.70 bits per heavy atom. The smallest absolute Gasteiger partial charge is 0.328 e. The fraction of sp³-hybridized carbons (Fsp3) is 0.182. The minimum Gasteiger partial charge on any atom is -0.365 e. The summed E-state index contributed by atoms with van der Waals surface area (Å²) in [4.78, 5) is 13.0. The van der Waals surface area contributed by atoms with Crippen LogP contribution in [0.1, 0.15) is 5.56 Å². The molecule has 0 atom stereocenters. The van der Waals surface area contributed by atoms with E-state index in [-0.39, 0.29) is 11.6 Å². The third-order valence-corrected chi connectivity index (χ3v) is 3.09. The van der Waals surface area contributed by atoms with E-state index in [0.717, 1.165) is 21.4 Å². The second kappa shape index (κ2) is 4.30. The van der Waals surface area contributed by atoms with Gasteiger partial charge in [-0.05, 0) is 28.1 Å². The number of aryl methyl sites for hydroxylation is 2. The van der Waals surface area contributed by atoms with Crippen LogP contribution in [-0.2, 0) is 14.1 Å². The first kappa shape index (κ1) is 12.1. The van der Waals surface area contributed by atoms with E-state index >= 15 is 0 Å². The quantitative estimate of drug-likeness (QED) is 0.622. The Morgan fingerprint density at radius 1 is 1.25 bits per heavy atom. The van der Waals surface area contributed by atoms with Crippen LogP contribution in [-0.4, -0.2) is 35.7 Å². The van der Waals surface area contributed by atoms with Gasteiger partial charge in [-0.2, -0.15) is 5.10 Å². The van der Waals surface area contributed by atoms with Crippen LogP contribution in [0.4, 0.5) is 5.95 Å². The second-order valence-electron chi connectivity index (χ2n) is 4.32. The van der Waals surface area contributed by atoms with Gasteiger partial charge in [0.25, 0.3) is 5.95 Å². The van der Waals surface area contributed by atoms with Gasteiger partial charge in [-0.1, -0.05) is 16.0 Å². The average molecular weight is 272 g/mol. The molecule has 9 heteroatoms. The molecule has 2 heterocycles. The van der Waals surface area contributed by atoms with Crippen LogP contribution in [0.3, 0.4) is 0 Å². The van der Waals surface area contributed by atoms with Gasteiger partial charge in [-0.25, -0.2) is 4.79 Å². The van der Waals surface area contributed by atoms with Crippen LogP contribution in [0.5, 0.6) is 0 Å². The van der Waals surface area contributed by atoms with Crippen LogP contribution in [0.15, 0.2) is 28.1 Å². The Hall–Kier alpha value is -2.97. The Kier molecular flexibility index (Phi) is 2.60. The number of nitrogens with zero attached hydrogens (tertiary/aromatic N) is 7. The van der Waals surface area contributed by atoms with Crippen molar-refractivity contribution >= 4 is 23.2 Å². The summed E-state index contributed by atoms with van der Waals surface area (Å²) in [5, 5.41) is 14.6. The number of aromatic nitrogens is 6. The summed E-state index contributed by atoms with van der Waals surface area (Å²) in [5.74, 6) is 0.106. The van der Waals surface area contributed by atoms with Gasteiger partial charge in [0.15, 0.2) is 0 Å². The third kappa shape index (κ3) is 1.76. The fourth-order valence-corrected chi connectivity index (χ4v) is 2.00. The molecule has 0 saturated heterocycles. The SMILES string of the molecule is Cn1c(=O)n(C)c2cc(C=Nn3nnnc3N)ccc21. The lowest BCUT2D eigenvalue weighted by Crippen LogP contribution is -2.19. The molecule has 3 rings (SSSR count). The lowest BCUT2D eigenvalue weighted by atomic mass is 10.2. The molecular formula is C11H12N8O. The monoisotopic (exact) mass is 272 g/mol. The van der Waals surface area contributed by atoms with E-state index in [1.807, 2.05) is 18.2 Å². The zero-order valence-electron chi connectivity index (χ0n) is 10.9. The van der Waals surface area contributed by atoms with Crippen molar-refractivity contribution in [1.82, 2.24) is 29.5 Å². The molecule has 102 valence electrons. The fourth-order valence-electron chi connectivity index (χ4n) is 2.00. The predicted molar refractivity (Wildman–Crippen MR) is 73.4 cm³/mol. The van der Waals surface area contributed by atoms with E-state index in [2.05, 4.69) is 20.6 Å². The van der Waals surface area contributed by atoms with Crippen LogP contribution >= 0.6 is 0 Å². The van der Waals surface area contributed by atoms with Crippen molar-refractivity contribution in [1.29, 1.82) is 0 Å². The summed E-state index contributed by atoms with van der Waals surface area (Å²) in [6, 6.07) is 5.58. The van der Waals surface area contributed by atoms with Gasteiger partial charge in [0.2, 0.25) is 0 Å². The Balaban J connectivity index is 2.06. The summed E-state index contributed by atoms with van der Waals surface area (Å²) < 4.78 is 3.17. The number of tetrazole rings is 1. The number of rotatable bonds is 2. The number of fused-ring (bicyclic) bond motifs is 1. The zero-order valence-corrected chi connectivity index (χ0v) is 10.9. The largest absolute Gasteiger partial charge is 0.365 e. The van der Waals surface area contributed by atoms with Gasteiger partial charge < -0.3 is 5.73 Å². The molecule has 2 N–H and O–H groups in total. The summed E-state index contributed by atoms with van der Waals surface area (Å²) in [6.45, 7) is 0. The van der Waals surface area contributed by atoms with E-state index in [1.165, 1.54) is 0 Å². The van der Waals surface area contributed by atoms with Crippen molar-refractivity contribution in [3.63, 3.8) is 0 Å². The van der Waals surface area contributed by atoms with Crippen LogP contribution in [0, 0.1) is 0 Å². The van der Waals surface area contributed by atoms with Gasteiger partial charge in [0, 0.05) is 14.1 Å². The lowest BCUT2D eigenvalue weighted by molar-refractivity contribution is 0.699. The highest BCUT2D eigenvalue weighted by Gasteiger charge is 2.07. The van der Waals surface area contributed by atoms with Crippen molar-refractivity contribution in [3.05, 3.63) is 34.2 Å². The van der Waals surface area contributed by atoms with E-state index in [9.17, 15) is 4.79 Å². The highest BCUT2D eigenvalue weighted by molar-refractivity contribution is 5.87. The molecule has 0 radical (unpaired) electrons. The highest BCUT2D eigenvalue weighted by Crippen LogP contribution is 2.12. The van der Waals surface area contributed by atoms with Crippen LogP contribution in [0.25, 0.3) is 11.0 Å². The number of benzene rings is 1. The molecule has 0 aliphatic carbocycles. The Labute approximate surface area is 112 Å². The average Bonchev–Trinajstić information content (AvgIpc) is 2.95. The predicted octanol–water partition coefficient (Wildman–Crippen LogP) is -0.672. The molecule has 2 aromatic heterocycles. The molecule has 1 aromatic carbocycles. The van der Waals surface area contributed by atoms with Gasteiger partial charge in [-0.3, -0.25) is 9.13 Å². The van der Waals surface area contributed by atoms with Gasteiger partial charge in [-0.15, -0.1) is 0 Å². The second-order valence-corrected chi connectivity index (χ2v) is 4.32. The maximum atomic E-state index is 11.8. The number of hydrogen-bond acceptors (Lipinski definition) is 6. The minimum atomic E-state index is -0.0705. The van der Waals surface area contributed by atoms with Crippen molar-refractivity contribution in [2.45, 2.75) is 0 Å². The van der Waals surface area contributed by atoms with Gasteiger partial charge in [0.05, 0.1) is 17.2 Å². The topological polar surface area (TPSA) is 109 Å². The molecule has 0 fully saturated rings. The molecule has 20 heavy (non-hydrogen) atoms. The Bertz CT molecular complexity index is 868. The summed E-state index contributed by atoms with van der Waals surface area (Å²) in [6.07, 6.45) is 1.57. The van der Waals surface area contributed by atoms with Crippen molar-refractivity contribution in [3.8, 4) is 0 Å². The minimum absolute atomic E-state index is 0.0705. The summed E-state index contributed by atoms with van der Waals surface area (Å²) in [5.41, 5.74) is 7.93. The zero-order chi connectivity index (χ0) is 14.3. The summed E-state index contributed by atoms with van der Waals surface area (Å²) in [7, 11) is 3.46. The first-order valence-electron chi connectivity index (χ1n) is 5.81. The van der Waals surface area contributed by atoms with Crippen molar-refractivity contribution < 1.29 is 0 Å². The number of nitrogens with two attached hydrogens (primary N) is 1. The number of imidazole rings is 1. The summed E-state index contributed by atoms with van der Waals surface area (Å²) >= 11 is 0. The molecular weight excluding hydrogens is 260 g/mol. The molecule has 0 bridgehead atoms. The van der Waals surface area contributed by atoms with Crippen molar-refractivity contribution in [2.24, 2.45) is 19.2 Å². The molecule has 0 spiro atoms. The van der Waals surface area contributed by atoms with Crippen LogP contribution in [0.2, 0.25) is 0 Å². The molecule has 9 nitrogen and oxygen atoms in total. The maximum absolute atomic E-state index is 11.8. The standard InChI is InChI=1S/C11H12N8O/c1-17-8-4-3-7(5-9(8)18(2)11(17)20)6-13-19-10(12)14-15-16-19/h3-6H,1-2H3,(H2,12,14,16). The van der Waals surface area contributed by atoms with Crippen molar-refractivity contribution in [2.75, 3.05) is 5.73 Å². The molecule has 0 aliphatic heterocycles. The van der Waals surface area contributed by atoms with E-state index in [1.54, 1.807) is 29.4 Å². The van der Waals surface area contributed by atoms with E-state index in [0.29, 0.717) is 0 Å². The first-order valence-corrected chi connectivity index (χ1v) is 5.81. The first-order chi connectivity index (χ1) is 9.58. The molecule has 0 unspecified atom stereocenters.